The van der Waals surface area contributed by atoms with Gasteiger partial charge in [-0.05, 0) is 43.7 Å². The number of pyridine rings is 1. The van der Waals surface area contributed by atoms with E-state index in [1.54, 1.807) is 12.3 Å². The van der Waals surface area contributed by atoms with Gasteiger partial charge in [-0.2, -0.15) is 5.26 Å². The van der Waals surface area contributed by atoms with Crippen LogP contribution in [0.5, 0.6) is 0 Å². The van der Waals surface area contributed by atoms with Crippen LogP contribution in [0.1, 0.15) is 44.2 Å². The molecule has 5 nitrogen and oxygen atoms in total. The maximum Gasteiger partial charge on any atom is 0.326 e. The van der Waals surface area contributed by atoms with Crippen LogP contribution in [0.2, 0.25) is 0 Å². The van der Waals surface area contributed by atoms with Gasteiger partial charge in [-0.15, -0.1) is 0 Å². The summed E-state index contributed by atoms with van der Waals surface area (Å²) in [7, 11) is 0. The normalized spacial score (nSPS) is 28.5. The first kappa shape index (κ1) is 13.9. The molecule has 1 aromatic heterocycles. The molecule has 3 rings (SSSR count). The predicted octanol–water partition coefficient (Wildman–Crippen LogP) is 2.57. The molecule has 1 N–H and O–H groups in total. The number of carboxylic acid groups (broad SMARTS) is 1. The third-order valence-electron chi connectivity index (χ3n) is 4.82. The Labute approximate surface area is 124 Å². The number of aromatic nitrogens is 1. The lowest BCUT2D eigenvalue weighted by Crippen LogP contribution is -2.55. The summed E-state index contributed by atoms with van der Waals surface area (Å²) in [5, 5.41) is 18.4. The van der Waals surface area contributed by atoms with Gasteiger partial charge in [0.05, 0.1) is 11.9 Å². The van der Waals surface area contributed by atoms with Crippen LogP contribution in [0.4, 0.5) is 5.69 Å². The summed E-state index contributed by atoms with van der Waals surface area (Å²) in [4.78, 5) is 17.8. The number of piperidine rings is 1. The van der Waals surface area contributed by atoms with Gasteiger partial charge >= 0.3 is 5.97 Å². The highest BCUT2D eigenvalue weighted by Gasteiger charge is 2.41. The molecule has 21 heavy (non-hydrogen) atoms. The summed E-state index contributed by atoms with van der Waals surface area (Å²) in [6.45, 7) is 0. The summed E-state index contributed by atoms with van der Waals surface area (Å²) in [6, 6.07) is 5.32. The minimum atomic E-state index is -0.761. The number of fused-ring (bicyclic) bond motifs is 1. The first-order chi connectivity index (χ1) is 10.2. The lowest BCUT2D eigenvalue weighted by Gasteiger charge is -2.48. The molecule has 1 saturated carbocycles. The molecule has 0 radical (unpaired) electrons. The van der Waals surface area contributed by atoms with E-state index in [1.807, 2.05) is 17.0 Å². The van der Waals surface area contributed by atoms with E-state index in [-0.39, 0.29) is 0 Å². The Morgan fingerprint density at radius 3 is 2.76 bits per heavy atom. The third kappa shape index (κ3) is 2.58. The molecule has 2 aliphatic rings. The maximum absolute atomic E-state index is 11.6. The zero-order valence-electron chi connectivity index (χ0n) is 11.9. The van der Waals surface area contributed by atoms with Gasteiger partial charge in [0.2, 0.25) is 0 Å². The number of nitrogens with zero attached hydrogens (tertiary/aromatic N) is 3. The second-order valence-electron chi connectivity index (χ2n) is 5.96. The van der Waals surface area contributed by atoms with Crippen LogP contribution < -0.4 is 4.90 Å². The first-order valence-corrected chi connectivity index (χ1v) is 7.58. The molecule has 1 aromatic rings. The highest BCUT2D eigenvalue weighted by Crippen LogP contribution is 2.40. The monoisotopic (exact) mass is 285 g/mol. The molecule has 3 atom stereocenters. The average molecular weight is 285 g/mol. The van der Waals surface area contributed by atoms with E-state index in [0.29, 0.717) is 24.1 Å². The summed E-state index contributed by atoms with van der Waals surface area (Å²) in [5.74, 6) is -0.173. The van der Waals surface area contributed by atoms with E-state index in [1.165, 1.54) is 12.8 Å². The van der Waals surface area contributed by atoms with Gasteiger partial charge in [0, 0.05) is 6.04 Å². The number of rotatable bonds is 2. The van der Waals surface area contributed by atoms with Crippen LogP contribution in [-0.4, -0.2) is 28.1 Å². The fourth-order valence-electron chi connectivity index (χ4n) is 3.85. The zero-order chi connectivity index (χ0) is 14.8. The molecule has 2 heterocycles. The van der Waals surface area contributed by atoms with Gasteiger partial charge in [0.15, 0.2) is 0 Å². The molecule has 2 fully saturated rings. The van der Waals surface area contributed by atoms with E-state index in [2.05, 4.69) is 4.98 Å². The summed E-state index contributed by atoms with van der Waals surface area (Å²) in [6.07, 6.45) is 7.99. The molecule has 0 aromatic carbocycles. The van der Waals surface area contributed by atoms with Gasteiger partial charge < -0.3 is 10.0 Å². The van der Waals surface area contributed by atoms with Crippen LogP contribution >= 0.6 is 0 Å². The van der Waals surface area contributed by atoms with Crippen LogP contribution in [0.15, 0.2) is 18.3 Å². The Morgan fingerprint density at radius 1 is 1.29 bits per heavy atom. The minimum Gasteiger partial charge on any atom is -0.480 e. The van der Waals surface area contributed by atoms with Crippen molar-refractivity contribution in [3.63, 3.8) is 0 Å². The van der Waals surface area contributed by atoms with Gasteiger partial charge in [-0.25, -0.2) is 9.78 Å². The van der Waals surface area contributed by atoms with E-state index in [0.717, 1.165) is 24.9 Å². The number of carbonyl (C=O) groups is 1. The number of aliphatic carboxylic acids is 1. The molecule has 5 heteroatoms. The number of carboxylic acids is 1. The number of anilines is 1. The Kier molecular flexibility index (Phi) is 3.78. The Morgan fingerprint density at radius 2 is 2.10 bits per heavy atom. The molecule has 3 unspecified atom stereocenters. The van der Waals surface area contributed by atoms with Crippen molar-refractivity contribution in [2.45, 2.75) is 50.6 Å². The van der Waals surface area contributed by atoms with Crippen LogP contribution in [0.3, 0.4) is 0 Å². The molecular weight excluding hydrogens is 266 g/mol. The number of nitriles is 1. The van der Waals surface area contributed by atoms with E-state index in [9.17, 15) is 9.90 Å². The standard InChI is InChI=1S/C16H19N3O2/c17-9-12-6-7-13(10-18-12)19-14-4-2-1-3-11(14)5-8-15(19)16(20)21/h6-7,10-11,14-15H,1-5,8H2,(H,20,21). The Hall–Kier alpha value is -2.09. The van der Waals surface area contributed by atoms with Crippen LogP contribution in [0, 0.1) is 17.2 Å². The fourth-order valence-corrected chi connectivity index (χ4v) is 3.85. The molecule has 1 saturated heterocycles. The van der Waals surface area contributed by atoms with E-state index < -0.39 is 12.0 Å². The van der Waals surface area contributed by atoms with E-state index >= 15 is 0 Å². The van der Waals surface area contributed by atoms with Crippen molar-refractivity contribution in [1.82, 2.24) is 4.98 Å². The summed E-state index contributed by atoms with van der Waals surface area (Å²) >= 11 is 0. The summed E-state index contributed by atoms with van der Waals surface area (Å²) < 4.78 is 0. The van der Waals surface area contributed by atoms with E-state index in [4.69, 9.17) is 5.26 Å². The van der Waals surface area contributed by atoms with Crippen molar-refractivity contribution in [2.75, 3.05) is 4.90 Å². The molecule has 0 amide bonds. The van der Waals surface area contributed by atoms with Gasteiger partial charge in [0.1, 0.15) is 17.8 Å². The van der Waals surface area contributed by atoms with Crippen molar-refractivity contribution < 1.29 is 9.90 Å². The number of hydrogen-bond donors (Lipinski definition) is 1. The average Bonchev–Trinajstić information content (AvgIpc) is 2.53. The van der Waals surface area contributed by atoms with Crippen LogP contribution in [0.25, 0.3) is 0 Å². The lowest BCUT2D eigenvalue weighted by molar-refractivity contribution is -0.139. The quantitative estimate of drug-likeness (QED) is 0.903. The van der Waals surface area contributed by atoms with Crippen molar-refractivity contribution >= 4 is 11.7 Å². The van der Waals surface area contributed by atoms with Crippen molar-refractivity contribution in [3.05, 3.63) is 24.0 Å². The molecule has 1 aliphatic heterocycles. The Bertz CT molecular complexity index is 564. The molecular formula is C16H19N3O2. The second kappa shape index (κ2) is 5.72. The van der Waals surface area contributed by atoms with Gasteiger partial charge in [-0.1, -0.05) is 12.8 Å². The second-order valence-corrected chi connectivity index (χ2v) is 5.96. The Balaban J connectivity index is 1.95. The largest absolute Gasteiger partial charge is 0.480 e. The third-order valence-corrected chi connectivity index (χ3v) is 4.82. The van der Waals surface area contributed by atoms with Crippen molar-refractivity contribution in [3.8, 4) is 6.07 Å². The zero-order valence-corrected chi connectivity index (χ0v) is 11.9. The fraction of sp³-hybridized carbons (Fsp3) is 0.562. The molecule has 1 aliphatic carbocycles. The highest BCUT2D eigenvalue weighted by atomic mass is 16.4. The van der Waals surface area contributed by atoms with Crippen molar-refractivity contribution in [2.24, 2.45) is 5.92 Å². The minimum absolute atomic E-state index is 0.295. The van der Waals surface area contributed by atoms with Crippen molar-refractivity contribution in [1.29, 1.82) is 5.26 Å². The maximum atomic E-state index is 11.6. The topological polar surface area (TPSA) is 77.2 Å². The molecule has 110 valence electrons. The molecule has 0 bridgehead atoms. The highest BCUT2D eigenvalue weighted by molar-refractivity contribution is 5.78. The van der Waals surface area contributed by atoms with Gasteiger partial charge in [-0.3, -0.25) is 0 Å². The smallest absolute Gasteiger partial charge is 0.326 e. The predicted molar refractivity (Wildman–Crippen MR) is 77.8 cm³/mol. The SMILES string of the molecule is N#Cc1ccc(N2C(C(=O)O)CCC3CCCCC32)cn1. The first-order valence-electron chi connectivity index (χ1n) is 7.58. The lowest BCUT2D eigenvalue weighted by atomic mass is 9.76. The van der Waals surface area contributed by atoms with Crippen LogP contribution in [-0.2, 0) is 4.79 Å². The van der Waals surface area contributed by atoms with Gasteiger partial charge in [0.25, 0.3) is 0 Å². The molecule has 0 spiro atoms. The summed E-state index contributed by atoms with van der Waals surface area (Å²) in [5.41, 5.74) is 1.20. The number of hydrogen-bond acceptors (Lipinski definition) is 4.